The standard InChI is InChI=1S/C17H33N5O2/c1-5-18-16(20-12-15(24)22-17(2,3)4)19-11-14(23)21-13-9-7-6-8-10-13/h13H,5-12H2,1-4H3,(H,21,23)(H,22,24)(H2,18,19,20). The van der Waals surface area contributed by atoms with Crippen LogP contribution < -0.4 is 21.3 Å². The zero-order valence-electron chi connectivity index (χ0n) is 15.5. The van der Waals surface area contributed by atoms with E-state index >= 15 is 0 Å². The summed E-state index contributed by atoms with van der Waals surface area (Å²) in [6.45, 7) is 8.56. The van der Waals surface area contributed by atoms with Crippen molar-refractivity contribution in [1.29, 1.82) is 0 Å². The molecular weight excluding hydrogens is 306 g/mol. The molecule has 0 radical (unpaired) electrons. The molecule has 0 aromatic carbocycles. The lowest BCUT2D eigenvalue weighted by Gasteiger charge is -2.23. The number of nitrogens with one attached hydrogen (secondary N) is 4. The second-order valence-corrected chi connectivity index (χ2v) is 7.25. The van der Waals surface area contributed by atoms with Crippen molar-refractivity contribution in [3.63, 3.8) is 0 Å². The average Bonchev–Trinajstić information content (AvgIpc) is 2.49. The van der Waals surface area contributed by atoms with Crippen LogP contribution in [-0.4, -0.2) is 49.0 Å². The summed E-state index contributed by atoms with van der Waals surface area (Å²) in [7, 11) is 0. The Morgan fingerprint density at radius 1 is 1.04 bits per heavy atom. The summed E-state index contributed by atoms with van der Waals surface area (Å²) in [6, 6.07) is 0.296. The predicted octanol–water partition coefficient (Wildman–Crippen LogP) is 0.905. The van der Waals surface area contributed by atoms with Crippen molar-refractivity contribution in [3.8, 4) is 0 Å². The number of nitrogens with zero attached hydrogens (tertiary/aromatic N) is 1. The van der Waals surface area contributed by atoms with Gasteiger partial charge < -0.3 is 21.3 Å². The Morgan fingerprint density at radius 2 is 1.71 bits per heavy atom. The Morgan fingerprint density at radius 3 is 2.29 bits per heavy atom. The van der Waals surface area contributed by atoms with Crippen molar-refractivity contribution in [2.45, 2.75) is 71.4 Å². The summed E-state index contributed by atoms with van der Waals surface area (Å²) in [5, 5.41) is 11.9. The van der Waals surface area contributed by atoms with E-state index in [9.17, 15) is 9.59 Å². The maximum absolute atomic E-state index is 12.0. The predicted molar refractivity (Wildman–Crippen MR) is 96.9 cm³/mol. The summed E-state index contributed by atoms with van der Waals surface area (Å²) >= 11 is 0. The Labute approximate surface area is 145 Å². The molecule has 1 aliphatic carbocycles. The zero-order valence-corrected chi connectivity index (χ0v) is 15.5. The number of amides is 2. The van der Waals surface area contributed by atoms with Crippen LogP contribution in [0.15, 0.2) is 4.99 Å². The maximum atomic E-state index is 12.0. The quantitative estimate of drug-likeness (QED) is 0.427. The number of hydrogen-bond donors (Lipinski definition) is 4. The highest BCUT2D eigenvalue weighted by Crippen LogP contribution is 2.16. The van der Waals surface area contributed by atoms with Crippen LogP contribution in [0, 0.1) is 0 Å². The molecule has 4 N–H and O–H groups in total. The first-order chi connectivity index (χ1) is 11.3. The molecule has 0 atom stereocenters. The van der Waals surface area contributed by atoms with E-state index in [0.717, 1.165) is 12.8 Å². The van der Waals surface area contributed by atoms with Crippen molar-refractivity contribution in [2.75, 3.05) is 19.6 Å². The molecule has 0 spiro atoms. The molecule has 0 heterocycles. The van der Waals surface area contributed by atoms with Crippen LogP contribution in [0.3, 0.4) is 0 Å². The summed E-state index contributed by atoms with van der Waals surface area (Å²) in [4.78, 5) is 28.0. The third-order valence-corrected chi connectivity index (χ3v) is 3.63. The van der Waals surface area contributed by atoms with E-state index in [1.165, 1.54) is 19.3 Å². The van der Waals surface area contributed by atoms with Crippen molar-refractivity contribution in [1.82, 2.24) is 21.3 Å². The van der Waals surface area contributed by atoms with Gasteiger partial charge in [-0.05, 0) is 40.5 Å². The lowest BCUT2D eigenvalue weighted by molar-refractivity contribution is -0.121. The van der Waals surface area contributed by atoms with Gasteiger partial charge in [-0.15, -0.1) is 0 Å². The minimum atomic E-state index is -0.280. The maximum Gasteiger partial charge on any atom is 0.242 e. The molecule has 1 fully saturated rings. The average molecular weight is 339 g/mol. The Balaban J connectivity index is 2.39. The van der Waals surface area contributed by atoms with E-state index in [1.54, 1.807) is 0 Å². The molecule has 0 unspecified atom stereocenters. The first kappa shape index (κ1) is 20.3. The lowest BCUT2D eigenvalue weighted by Crippen LogP contribution is -2.46. The van der Waals surface area contributed by atoms with Gasteiger partial charge in [-0.3, -0.25) is 9.59 Å². The second kappa shape index (κ2) is 10.2. The summed E-state index contributed by atoms with van der Waals surface area (Å²) in [6.07, 6.45) is 5.76. The molecule has 0 saturated heterocycles. The number of hydrogen-bond acceptors (Lipinski definition) is 3. The molecule has 0 bridgehead atoms. The molecule has 7 nitrogen and oxygen atoms in total. The number of aliphatic imine (C=N–C) groups is 1. The molecular formula is C17H33N5O2. The van der Waals surface area contributed by atoms with E-state index in [0.29, 0.717) is 18.5 Å². The molecule has 0 aliphatic heterocycles. The van der Waals surface area contributed by atoms with E-state index in [-0.39, 0.29) is 30.4 Å². The lowest BCUT2D eigenvalue weighted by atomic mass is 9.95. The fourth-order valence-electron chi connectivity index (χ4n) is 2.64. The Hall–Kier alpha value is -1.79. The topological polar surface area (TPSA) is 94.6 Å². The van der Waals surface area contributed by atoms with Gasteiger partial charge in [0, 0.05) is 18.1 Å². The van der Waals surface area contributed by atoms with Crippen LogP contribution >= 0.6 is 0 Å². The third kappa shape index (κ3) is 9.37. The highest BCUT2D eigenvalue weighted by Gasteiger charge is 2.16. The summed E-state index contributed by atoms with van der Waals surface area (Å²) in [5.74, 6) is 0.290. The van der Waals surface area contributed by atoms with Crippen molar-refractivity contribution in [2.24, 2.45) is 4.99 Å². The molecule has 24 heavy (non-hydrogen) atoms. The third-order valence-electron chi connectivity index (χ3n) is 3.63. The molecule has 7 heteroatoms. The molecule has 0 aromatic heterocycles. The zero-order chi connectivity index (χ0) is 18.0. The largest absolute Gasteiger partial charge is 0.357 e. The first-order valence-electron chi connectivity index (χ1n) is 8.92. The van der Waals surface area contributed by atoms with Crippen LogP contribution in [-0.2, 0) is 9.59 Å². The molecule has 1 aliphatic rings. The fourth-order valence-corrected chi connectivity index (χ4v) is 2.64. The van der Waals surface area contributed by atoms with E-state index in [1.807, 2.05) is 27.7 Å². The van der Waals surface area contributed by atoms with Gasteiger partial charge in [0.2, 0.25) is 11.8 Å². The molecule has 1 rings (SSSR count). The van der Waals surface area contributed by atoms with Crippen molar-refractivity contribution in [3.05, 3.63) is 0 Å². The van der Waals surface area contributed by atoms with Crippen LogP contribution in [0.5, 0.6) is 0 Å². The fraction of sp³-hybridized carbons (Fsp3) is 0.824. The van der Waals surface area contributed by atoms with Crippen molar-refractivity contribution < 1.29 is 9.59 Å². The van der Waals surface area contributed by atoms with Gasteiger partial charge in [0.1, 0.15) is 6.54 Å². The van der Waals surface area contributed by atoms with Gasteiger partial charge in [0.05, 0.1) is 6.54 Å². The molecule has 1 saturated carbocycles. The molecule has 138 valence electrons. The number of rotatable bonds is 6. The SMILES string of the molecule is CCNC(=NCC(=O)NC(C)(C)C)NCC(=O)NC1CCCCC1. The van der Waals surface area contributed by atoms with E-state index < -0.39 is 0 Å². The van der Waals surface area contributed by atoms with E-state index in [2.05, 4.69) is 26.3 Å². The van der Waals surface area contributed by atoms with Crippen LogP contribution in [0.25, 0.3) is 0 Å². The van der Waals surface area contributed by atoms with Crippen molar-refractivity contribution >= 4 is 17.8 Å². The minimum Gasteiger partial charge on any atom is -0.357 e. The first-order valence-corrected chi connectivity index (χ1v) is 8.92. The van der Waals surface area contributed by atoms with Gasteiger partial charge in [-0.2, -0.15) is 0 Å². The van der Waals surface area contributed by atoms with Gasteiger partial charge in [0.25, 0.3) is 0 Å². The van der Waals surface area contributed by atoms with Gasteiger partial charge in [-0.25, -0.2) is 4.99 Å². The second-order valence-electron chi connectivity index (χ2n) is 7.25. The van der Waals surface area contributed by atoms with Gasteiger partial charge in [0.15, 0.2) is 5.96 Å². The number of carbonyl (C=O) groups is 2. The van der Waals surface area contributed by atoms with Crippen LogP contribution in [0.2, 0.25) is 0 Å². The molecule has 0 aromatic rings. The summed E-state index contributed by atoms with van der Waals surface area (Å²) in [5.41, 5.74) is -0.280. The van der Waals surface area contributed by atoms with Crippen LogP contribution in [0.1, 0.15) is 59.8 Å². The van der Waals surface area contributed by atoms with Gasteiger partial charge >= 0.3 is 0 Å². The van der Waals surface area contributed by atoms with Crippen LogP contribution in [0.4, 0.5) is 0 Å². The number of carbonyl (C=O) groups excluding carboxylic acids is 2. The normalized spacial score (nSPS) is 16.4. The smallest absolute Gasteiger partial charge is 0.242 e. The number of guanidine groups is 1. The highest BCUT2D eigenvalue weighted by atomic mass is 16.2. The highest BCUT2D eigenvalue weighted by molar-refractivity contribution is 5.88. The molecule has 2 amide bonds. The summed E-state index contributed by atoms with van der Waals surface area (Å²) < 4.78 is 0. The monoisotopic (exact) mass is 339 g/mol. The minimum absolute atomic E-state index is 0.0247. The van der Waals surface area contributed by atoms with E-state index in [4.69, 9.17) is 0 Å². The Kier molecular flexibility index (Phi) is 8.57. The van der Waals surface area contributed by atoms with Gasteiger partial charge in [-0.1, -0.05) is 19.3 Å². The Bertz CT molecular complexity index is 437.